The zero-order chi connectivity index (χ0) is 9.84. The predicted molar refractivity (Wildman–Crippen MR) is 48.5 cm³/mol. The normalized spacial score (nSPS) is 30.3. The number of aliphatic hydroxyl groups excluding tert-OH is 1. The van der Waals surface area contributed by atoms with Gasteiger partial charge in [-0.2, -0.15) is 0 Å². The number of aliphatic hydroxyl groups is 1. The second-order valence-electron chi connectivity index (χ2n) is 3.60. The number of aliphatic carboxylic acids is 1. The van der Waals surface area contributed by atoms with E-state index in [0.717, 1.165) is 19.5 Å². The van der Waals surface area contributed by atoms with E-state index in [4.69, 9.17) is 5.11 Å². The van der Waals surface area contributed by atoms with E-state index in [1.54, 1.807) is 0 Å². The van der Waals surface area contributed by atoms with Gasteiger partial charge in [-0.05, 0) is 19.4 Å². The molecule has 76 valence electrons. The number of carbonyl (C=O) groups is 1. The molecule has 1 heterocycles. The Morgan fingerprint density at radius 3 is 2.85 bits per heavy atom. The molecule has 1 saturated heterocycles. The fourth-order valence-electron chi connectivity index (χ4n) is 1.77. The highest BCUT2D eigenvalue weighted by Gasteiger charge is 2.32. The molecule has 0 bridgehead atoms. The Hall–Kier alpha value is -0.610. The second kappa shape index (κ2) is 4.58. The lowest BCUT2D eigenvalue weighted by Crippen LogP contribution is -2.46. The van der Waals surface area contributed by atoms with Crippen molar-refractivity contribution in [1.82, 2.24) is 4.90 Å². The third-order valence-electron chi connectivity index (χ3n) is 2.52. The van der Waals surface area contributed by atoms with E-state index in [1.807, 2.05) is 0 Å². The van der Waals surface area contributed by atoms with Gasteiger partial charge < -0.3 is 15.1 Å². The molecule has 0 radical (unpaired) electrons. The highest BCUT2D eigenvalue weighted by atomic mass is 16.4. The van der Waals surface area contributed by atoms with E-state index in [1.165, 1.54) is 0 Å². The summed E-state index contributed by atoms with van der Waals surface area (Å²) in [6.07, 6.45) is 0.949. The molecule has 1 aliphatic heterocycles. The Balaban J connectivity index is 2.47. The summed E-state index contributed by atoms with van der Waals surface area (Å²) in [7, 11) is 0. The minimum Gasteiger partial charge on any atom is -0.481 e. The molecule has 2 unspecified atom stereocenters. The van der Waals surface area contributed by atoms with Crippen LogP contribution in [0.2, 0.25) is 0 Å². The summed E-state index contributed by atoms with van der Waals surface area (Å²) in [6.45, 7) is 4.31. The zero-order valence-corrected chi connectivity index (χ0v) is 7.94. The van der Waals surface area contributed by atoms with Gasteiger partial charge in [-0.1, -0.05) is 6.92 Å². The predicted octanol–water partition coefficient (Wildman–Crippen LogP) is 0.164. The van der Waals surface area contributed by atoms with Gasteiger partial charge >= 0.3 is 5.97 Å². The molecule has 1 aliphatic rings. The fraction of sp³-hybridized carbons (Fsp3) is 0.889. The molecule has 0 aromatic heterocycles. The van der Waals surface area contributed by atoms with Crippen molar-refractivity contribution in [3.05, 3.63) is 0 Å². The minimum absolute atomic E-state index is 0.490. The van der Waals surface area contributed by atoms with Crippen LogP contribution in [0.3, 0.4) is 0 Å². The number of carboxylic acid groups (broad SMARTS) is 1. The molecule has 0 spiro atoms. The molecule has 1 fully saturated rings. The lowest BCUT2D eigenvalue weighted by atomic mass is 9.95. The molecule has 4 nitrogen and oxygen atoms in total. The first-order valence-corrected chi connectivity index (χ1v) is 4.78. The van der Waals surface area contributed by atoms with Crippen molar-refractivity contribution in [3.8, 4) is 0 Å². The summed E-state index contributed by atoms with van der Waals surface area (Å²) in [5, 5.41) is 18.2. The maximum Gasteiger partial charge on any atom is 0.310 e. The summed E-state index contributed by atoms with van der Waals surface area (Å²) in [4.78, 5) is 12.8. The van der Waals surface area contributed by atoms with Gasteiger partial charge in [0.05, 0.1) is 12.0 Å². The van der Waals surface area contributed by atoms with Crippen LogP contribution in [0.15, 0.2) is 0 Å². The summed E-state index contributed by atoms with van der Waals surface area (Å²) < 4.78 is 0. The van der Waals surface area contributed by atoms with Gasteiger partial charge in [-0.15, -0.1) is 0 Å². The molecular weight excluding hydrogens is 170 g/mol. The molecule has 0 aromatic rings. The van der Waals surface area contributed by atoms with Crippen molar-refractivity contribution in [3.63, 3.8) is 0 Å². The molecule has 4 heteroatoms. The van der Waals surface area contributed by atoms with Crippen LogP contribution in [0.5, 0.6) is 0 Å². The van der Waals surface area contributed by atoms with Crippen LogP contribution in [-0.4, -0.2) is 46.8 Å². The third kappa shape index (κ3) is 2.67. The van der Waals surface area contributed by atoms with Crippen LogP contribution in [0.25, 0.3) is 0 Å². The number of likely N-dealkylation sites (tertiary alicyclic amines) is 1. The first-order valence-electron chi connectivity index (χ1n) is 4.78. The largest absolute Gasteiger partial charge is 0.481 e. The Morgan fingerprint density at radius 1 is 1.62 bits per heavy atom. The molecule has 1 rings (SSSR count). The molecule has 2 N–H and O–H groups in total. The average Bonchev–Trinajstić information content (AvgIpc) is 2.08. The highest BCUT2D eigenvalue weighted by Crippen LogP contribution is 2.17. The summed E-state index contributed by atoms with van der Waals surface area (Å²) in [5.74, 6) is -1.48. The molecule has 0 amide bonds. The number of rotatable bonds is 3. The van der Waals surface area contributed by atoms with Gasteiger partial charge in [0.25, 0.3) is 0 Å². The molecule has 13 heavy (non-hydrogen) atoms. The Bertz CT molecular complexity index is 184. The van der Waals surface area contributed by atoms with Crippen LogP contribution in [0, 0.1) is 5.92 Å². The van der Waals surface area contributed by atoms with Crippen LogP contribution in [-0.2, 0) is 4.79 Å². The third-order valence-corrected chi connectivity index (χ3v) is 2.52. The van der Waals surface area contributed by atoms with Gasteiger partial charge in [0.1, 0.15) is 0 Å². The topological polar surface area (TPSA) is 60.8 Å². The van der Waals surface area contributed by atoms with E-state index < -0.39 is 18.0 Å². The number of hydrogen-bond acceptors (Lipinski definition) is 3. The van der Waals surface area contributed by atoms with Crippen LogP contribution in [0.4, 0.5) is 0 Å². The molecule has 0 saturated carbocycles. The van der Waals surface area contributed by atoms with Crippen molar-refractivity contribution in [2.45, 2.75) is 25.9 Å². The second-order valence-corrected chi connectivity index (χ2v) is 3.60. The molecule has 0 aromatic carbocycles. The van der Waals surface area contributed by atoms with Crippen molar-refractivity contribution in [2.24, 2.45) is 5.92 Å². The van der Waals surface area contributed by atoms with Gasteiger partial charge in [0.15, 0.2) is 0 Å². The fourth-order valence-corrected chi connectivity index (χ4v) is 1.77. The van der Waals surface area contributed by atoms with E-state index in [2.05, 4.69) is 11.8 Å². The highest BCUT2D eigenvalue weighted by molar-refractivity contribution is 5.71. The molecule has 2 atom stereocenters. The van der Waals surface area contributed by atoms with E-state index in [-0.39, 0.29) is 0 Å². The maximum atomic E-state index is 10.7. The smallest absolute Gasteiger partial charge is 0.310 e. The van der Waals surface area contributed by atoms with Crippen molar-refractivity contribution in [2.75, 3.05) is 19.6 Å². The van der Waals surface area contributed by atoms with E-state index in [0.29, 0.717) is 13.0 Å². The number of hydrogen-bond donors (Lipinski definition) is 2. The van der Waals surface area contributed by atoms with Crippen LogP contribution in [0.1, 0.15) is 19.8 Å². The summed E-state index contributed by atoms with van der Waals surface area (Å²) >= 11 is 0. The van der Waals surface area contributed by atoms with Gasteiger partial charge in [-0.3, -0.25) is 4.79 Å². The maximum absolute atomic E-state index is 10.7. The van der Waals surface area contributed by atoms with Crippen molar-refractivity contribution in [1.29, 1.82) is 0 Å². The van der Waals surface area contributed by atoms with Crippen LogP contribution >= 0.6 is 0 Å². The first-order chi connectivity index (χ1) is 6.15. The lowest BCUT2D eigenvalue weighted by molar-refractivity contribution is -0.148. The standard InChI is InChI=1S/C9H17NO3/c1-2-4-10-5-3-8(11)7(6-10)9(12)13/h7-8,11H,2-6H2,1H3,(H,12,13). The summed E-state index contributed by atoms with van der Waals surface area (Å²) in [5.41, 5.74) is 0. The Kier molecular flexibility index (Phi) is 3.69. The monoisotopic (exact) mass is 187 g/mol. The number of carboxylic acids is 1. The zero-order valence-electron chi connectivity index (χ0n) is 7.94. The molecular formula is C9H17NO3. The van der Waals surface area contributed by atoms with Crippen molar-refractivity contribution >= 4 is 5.97 Å². The average molecular weight is 187 g/mol. The number of piperidine rings is 1. The van der Waals surface area contributed by atoms with Gasteiger partial charge in [-0.25, -0.2) is 0 Å². The van der Waals surface area contributed by atoms with E-state index >= 15 is 0 Å². The Morgan fingerprint density at radius 2 is 2.31 bits per heavy atom. The SMILES string of the molecule is CCCN1CCC(O)C(C(=O)O)C1. The van der Waals surface area contributed by atoms with Crippen molar-refractivity contribution < 1.29 is 15.0 Å². The Labute approximate surface area is 78.2 Å². The van der Waals surface area contributed by atoms with Gasteiger partial charge in [0.2, 0.25) is 0 Å². The van der Waals surface area contributed by atoms with Crippen LogP contribution < -0.4 is 0 Å². The minimum atomic E-state index is -0.881. The molecule has 0 aliphatic carbocycles. The number of nitrogens with zero attached hydrogens (tertiary/aromatic N) is 1. The first kappa shape index (κ1) is 10.5. The lowest BCUT2D eigenvalue weighted by Gasteiger charge is -2.33. The quantitative estimate of drug-likeness (QED) is 0.661. The summed E-state index contributed by atoms with van der Waals surface area (Å²) in [6, 6.07) is 0. The van der Waals surface area contributed by atoms with Gasteiger partial charge in [0, 0.05) is 13.1 Å². The van der Waals surface area contributed by atoms with E-state index in [9.17, 15) is 9.90 Å².